The van der Waals surface area contributed by atoms with Gasteiger partial charge < -0.3 is 0 Å². The molecule has 0 aromatic carbocycles. The fraction of sp³-hybridized carbons (Fsp3) is 0.636. The Morgan fingerprint density at radius 1 is 1.38 bits per heavy atom. The summed E-state index contributed by atoms with van der Waals surface area (Å²) >= 11 is 0. The minimum atomic E-state index is -3.29. The molecular weight excluding hydrogens is 224 g/mol. The van der Waals surface area contributed by atoms with Crippen molar-refractivity contribution in [3.8, 4) is 0 Å². The van der Waals surface area contributed by atoms with Crippen molar-refractivity contribution >= 4 is 9.84 Å². The number of rotatable bonds is 1. The second-order valence-electron chi connectivity index (χ2n) is 5.24. The molecule has 0 N–H and O–H groups in total. The fourth-order valence-electron chi connectivity index (χ4n) is 2.03. The molecule has 16 heavy (non-hydrogen) atoms. The van der Waals surface area contributed by atoms with E-state index in [0.29, 0.717) is 0 Å². The molecule has 0 unspecified atom stereocenters. The molecule has 0 bridgehead atoms. The molecule has 1 aliphatic rings. The van der Waals surface area contributed by atoms with Gasteiger partial charge in [0.2, 0.25) is 15.0 Å². The number of aryl methyl sites for hydroxylation is 1. The normalized spacial score (nSPS) is 19.2. The molecule has 5 heteroatoms. The lowest BCUT2D eigenvalue weighted by molar-refractivity contribution is 0.310. The highest BCUT2D eigenvalue weighted by Crippen LogP contribution is 2.33. The molecule has 2 rings (SSSR count). The Hall–Kier alpha value is -0.970. The Kier molecular flexibility index (Phi) is 2.53. The molecule has 0 fully saturated rings. The summed E-state index contributed by atoms with van der Waals surface area (Å²) < 4.78 is 22.6. The first-order valence-electron chi connectivity index (χ1n) is 5.33. The molecular formula is C11H16N2O2S. The SMILES string of the molecule is CC1(C)CCc2nc(S(C)(=O)=O)ncc2C1. The van der Waals surface area contributed by atoms with Crippen LogP contribution in [0.25, 0.3) is 0 Å². The van der Waals surface area contributed by atoms with Crippen molar-refractivity contribution in [2.24, 2.45) is 5.41 Å². The van der Waals surface area contributed by atoms with E-state index in [1.54, 1.807) is 6.20 Å². The van der Waals surface area contributed by atoms with Gasteiger partial charge in [0.25, 0.3) is 0 Å². The molecule has 88 valence electrons. The van der Waals surface area contributed by atoms with E-state index in [1.165, 1.54) is 0 Å². The van der Waals surface area contributed by atoms with Crippen molar-refractivity contribution in [2.75, 3.05) is 6.26 Å². The lowest BCUT2D eigenvalue weighted by atomic mass is 9.76. The second-order valence-corrected chi connectivity index (χ2v) is 7.15. The lowest BCUT2D eigenvalue weighted by Gasteiger charge is -2.30. The first-order chi connectivity index (χ1) is 7.28. The summed E-state index contributed by atoms with van der Waals surface area (Å²) in [6, 6.07) is 0. The largest absolute Gasteiger partial charge is 0.246 e. The second kappa shape index (κ2) is 3.52. The smallest absolute Gasteiger partial charge is 0.227 e. The molecule has 0 saturated carbocycles. The molecule has 0 radical (unpaired) electrons. The highest BCUT2D eigenvalue weighted by Gasteiger charge is 2.27. The molecule has 0 spiro atoms. The Morgan fingerprint density at radius 2 is 2.06 bits per heavy atom. The van der Waals surface area contributed by atoms with Crippen molar-refractivity contribution in [1.82, 2.24) is 9.97 Å². The lowest BCUT2D eigenvalue weighted by Crippen LogP contribution is -2.24. The molecule has 4 nitrogen and oxygen atoms in total. The van der Waals surface area contributed by atoms with Gasteiger partial charge in [0.05, 0.1) is 0 Å². The number of hydrogen-bond donors (Lipinski definition) is 0. The third-order valence-corrected chi connectivity index (χ3v) is 3.83. The first-order valence-corrected chi connectivity index (χ1v) is 7.22. The van der Waals surface area contributed by atoms with E-state index in [-0.39, 0.29) is 10.6 Å². The minimum absolute atomic E-state index is 0.0500. The van der Waals surface area contributed by atoms with Gasteiger partial charge in [-0.1, -0.05) is 13.8 Å². The summed E-state index contributed by atoms with van der Waals surface area (Å²) in [6.45, 7) is 4.42. The topological polar surface area (TPSA) is 59.9 Å². The van der Waals surface area contributed by atoms with Crippen LogP contribution in [0.1, 0.15) is 31.5 Å². The zero-order valence-corrected chi connectivity index (χ0v) is 10.6. The van der Waals surface area contributed by atoms with Gasteiger partial charge in [-0.25, -0.2) is 18.4 Å². The molecule has 1 heterocycles. The highest BCUT2D eigenvalue weighted by atomic mass is 32.2. The van der Waals surface area contributed by atoms with Crippen LogP contribution in [-0.2, 0) is 22.7 Å². The Balaban J connectivity index is 2.43. The van der Waals surface area contributed by atoms with Crippen molar-refractivity contribution in [2.45, 2.75) is 38.3 Å². The molecule has 0 saturated heterocycles. The third-order valence-electron chi connectivity index (χ3n) is 2.97. The Morgan fingerprint density at radius 3 is 2.69 bits per heavy atom. The van der Waals surface area contributed by atoms with Crippen LogP contribution >= 0.6 is 0 Å². The summed E-state index contributed by atoms with van der Waals surface area (Å²) in [7, 11) is -3.29. The molecule has 0 amide bonds. The Bertz CT molecular complexity index is 521. The average molecular weight is 240 g/mol. The summed E-state index contributed by atoms with van der Waals surface area (Å²) in [5, 5.41) is -0.0500. The van der Waals surface area contributed by atoms with Crippen molar-refractivity contribution in [1.29, 1.82) is 0 Å². The monoisotopic (exact) mass is 240 g/mol. The number of hydrogen-bond acceptors (Lipinski definition) is 4. The highest BCUT2D eigenvalue weighted by molar-refractivity contribution is 7.90. The van der Waals surface area contributed by atoms with Crippen LogP contribution in [0.15, 0.2) is 11.4 Å². The summed E-state index contributed by atoms with van der Waals surface area (Å²) in [6.07, 6.45) is 5.61. The zero-order chi connectivity index (χ0) is 12.0. The number of sulfone groups is 1. The van der Waals surface area contributed by atoms with E-state index in [1.807, 2.05) is 0 Å². The summed E-state index contributed by atoms with van der Waals surface area (Å²) in [5.74, 6) is 0. The molecule has 0 aliphatic heterocycles. The molecule has 1 aromatic rings. The van der Waals surface area contributed by atoms with Crippen LogP contribution in [-0.4, -0.2) is 24.6 Å². The van der Waals surface area contributed by atoms with Crippen molar-refractivity contribution < 1.29 is 8.42 Å². The summed E-state index contributed by atoms with van der Waals surface area (Å²) in [4.78, 5) is 8.08. The van der Waals surface area contributed by atoms with Gasteiger partial charge in [-0.2, -0.15) is 0 Å². The van der Waals surface area contributed by atoms with Crippen molar-refractivity contribution in [3.63, 3.8) is 0 Å². The number of aromatic nitrogens is 2. The van der Waals surface area contributed by atoms with E-state index >= 15 is 0 Å². The minimum Gasteiger partial charge on any atom is -0.227 e. The molecule has 0 atom stereocenters. The average Bonchev–Trinajstić information content (AvgIpc) is 2.14. The zero-order valence-electron chi connectivity index (χ0n) is 9.82. The maximum Gasteiger partial charge on any atom is 0.246 e. The van der Waals surface area contributed by atoms with E-state index in [4.69, 9.17) is 0 Å². The van der Waals surface area contributed by atoms with Gasteiger partial charge in [0, 0.05) is 18.1 Å². The maximum absolute atomic E-state index is 11.3. The van der Waals surface area contributed by atoms with Crippen LogP contribution in [0.3, 0.4) is 0 Å². The van der Waals surface area contributed by atoms with Gasteiger partial charge in [-0.05, 0) is 30.2 Å². The predicted octanol–water partition coefficient (Wildman–Crippen LogP) is 1.40. The van der Waals surface area contributed by atoms with Gasteiger partial charge in [-0.3, -0.25) is 0 Å². The van der Waals surface area contributed by atoms with E-state index in [0.717, 1.165) is 36.8 Å². The van der Waals surface area contributed by atoms with Gasteiger partial charge >= 0.3 is 0 Å². The first kappa shape index (κ1) is 11.5. The Labute approximate surface area is 96.0 Å². The van der Waals surface area contributed by atoms with Gasteiger partial charge in [0.1, 0.15) is 0 Å². The standard InChI is InChI=1S/C11H16N2O2S/c1-11(2)5-4-9-8(6-11)7-12-10(13-9)16(3,14)15/h7H,4-6H2,1-3H3. The van der Waals surface area contributed by atoms with Crippen LogP contribution in [0.4, 0.5) is 0 Å². The molecule has 1 aromatic heterocycles. The van der Waals surface area contributed by atoms with Crippen LogP contribution in [0.2, 0.25) is 0 Å². The molecule has 1 aliphatic carbocycles. The maximum atomic E-state index is 11.3. The van der Waals surface area contributed by atoms with E-state index < -0.39 is 9.84 Å². The van der Waals surface area contributed by atoms with E-state index in [2.05, 4.69) is 23.8 Å². The summed E-state index contributed by atoms with van der Waals surface area (Å²) in [5.41, 5.74) is 2.25. The quantitative estimate of drug-likeness (QED) is 0.696. The van der Waals surface area contributed by atoms with Crippen LogP contribution in [0, 0.1) is 5.41 Å². The third kappa shape index (κ3) is 2.24. The number of nitrogens with zero attached hydrogens (tertiary/aromatic N) is 2. The van der Waals surface area contributed by atoms with Crippen LogP contribution < -0.4 is 0 Å². The predicted molar refractivity (Wildman–Crippen MR) is 60.9 cm³/mol. The van der Waals surface area contributed by atoms with Gasteiger partial charge in [0.15, 0.2) is 0 Å². The van der Waals surface area contributed by atoms with Crippen molar-refractivity contribution in [3.05, 3.63) is 17.5 Å². The van der Waals surface area contributed by atoms with Gasteiger partial charge in [-0.15, -0.1) is 0 Å². The van der Waals surface area contributed by atoms with Crippen LogP contribution in [0.5, 0.6) is 0 Å². The fourth-order valence-corrected chi connectivity index (χ4v) is 2.55. The van der Waals surface area contributed by atoms with E-state index in [9.17, 15) is 8.42 Å². The number of fused-ring (bicyclic) bond motifs is 1.